The number of hydrogen-bond acceptors (Lipinski definition) is 5. The van der Waals surface area contributed by atoms with Crippen molar-refractivity contribution in [2.75, 3.05) is 5.73 Å². The number of nitrogen functional groups attached to an aromatic ring is 1. The molecule has 0 saturated heterocycles. The molecule has 2 rings (SSSR count). The van der Waals surface area contributed by atoms with Crippen LogP contribution in [0.3, 0.4) is 0 Å². The first-order chi connectivity index (χ1) is 8.56. The van der Waals surface area contributed by atoms with Crippen LogP contribution in [0.5, 0.6) is 0 Å². The standard InChI is InChI=1S/C12H11N3O2S/c1-8-3-2-4-9(7-8)18-11-6-5-10(15(16)17)12(13)14-11/h2-7H,1H3,(H2,13,14). The van der Waals surface area contributed by atoms with Gasteiger partial charge >= 0.3 is 5.69 Å². The molecule has 0 aliphatic heterocycles. The molecule has 2 aromatic rings. The van der Waals surface area contributed by atoms with E-state index < -0.39 is 4.92 Å². The van der Waals surface area contributed by atoms with Crippen LogP contribution in [0, 0.1) is 17.0 Å². The molecular formula is C12H11N3O2S. The predicted molar refractivity (Wildman–Crippen MR) is 70.6 cm³/mol. The van der Waals surface area contributed by atoms with Gasteiger partial charge in [0.1, 0.15) is 5.03 Å². The van der Waals surface area contributed by atoms with Crippen LogP contribution in [0.4, 0.5) is 11.5 Å². The molecule has 1 aromatic heterocycles. The maximum atomic E-state index is 10.6. The zero-order chi connectivity index (χ0) is 13.1. The number of pyridine rings is 1. The number of benzene rings is 1. The minimum absolute atomic E-state index is 0.0577. The van der Waals surface area contributed by atoms with Crippen LogP contribution in [0.1, 0.15) is 5.56 Å². The molecule has 1 heterocycles. The fourth-order valence-electron chi connectivity index (χ4n) is 1.46. The highest BCUT2D eigenvalue weighted by Crippen LogP contribution is 2.29. The van der Waals surface area contributed by atoms with E-state index in [1.165, 1.54) is 17.8 Å². The zero-order valence-corrected chi connectivity index (χ0v) is 10.5. The van der Waals surface area contributed by atoms with Crippen molar-refractivity contribution in [1.29, 1.82) is 0 Å². The van der Waals surface area contributed by atoms with E-state index >= 15 is 0 Å². The number of nitro groups is 1. The third-order valence-electron chi connectivity index (χ3n) is 2.29. The number of anilines is 1. The molecule has 1 aromatic carbocycles. The Hall–Kier alpha value is -2.08. The van der Waals surface area contributed by atoms with Gasteiger partial charge in [-0.3, -0.25) is 10.1 Å². The normalized spacial score (nSPS) is 10.3. The zero-order valence-electron chi connectivity index (χ0n) is 9.66. The number of aromatic nitrogens is 1. The van der Waals surface area contributed by atoms with Crippen LogP contribution in [0.25, 0.3) is 0 Å². The van der Waals surface area contributed by atoms with Gasteiger partial charge in [0.25, 0.3) is 0 Å². The Morgan fingerprint density at radius 2 is 2.11 bits per heavy atom. The summed E-state index contributed by atoms with van der Waals surface area (Å²) in [6.45, 7) is 2.00. The Balaban J connectivity index is 2.25. The van der Waals surface area contributed by atoms with Gasteiger partial charge < -0.3 is 5.73 Å². The molecule has 0 radical (unpaired) electrons. The van der Waals surface area contributed by atoms with Crippen molar-refractivity contribution in [2.24, 2.45) is 0 Å². The summed E-state index contributed by atoms with van der Waals surface area (Å²) < 4.78 is 0. The predicted octanol–water partition coefficient (Wildman–Crippen LogP) is 3.03. The average molecular weight is 261 g/mol. The SMILES string of the molecule is Cc1cccc(Sc2ccc([N+](=O)[O-])c(N)n2)c1. The van der Waals surface area contributed by atoms with Crippen molar-refractivity contribution in [2.45, 2.75) is 16.8 Å². The second kappa shape index (κ2) is 5.05. The van der Waals surface area contributed by atoms with E-state index in [1.807, 2.05) is 31.2 Å². The van der Waals surface area contributed by atoms with E-state index in [9.17, 15) is 10.1 Å². The van der Waals surface area contributed by atoms with Gasteiger partial charge in [-0.15, -0.1) is 0 Å². The molecule has 0 aliphatic rings. The van der Waals surface area contributed by atoms with Gasteiger partial charge in [-0.25, -0.2) is 4.98 Å². The summed E-state index contributed by atoms with van der Waals surface area (Å²) in [5.41, 5.74) is 6.52. The molecule has 0 spiro atoms. The van der Waals surface area contributed by atoms with Gasteiger partial charge in [0, 0.05) is 11.0 Å². The van der Waals surface area contributed by atoms with Crippen LogP contribution < -0.4 is 5.73 Å². The Morgan fingerprint density at radius 1 is 1.33 bits per heavy atom. The summed E-state index contributed by atoms with van der Waals surface area (Å²) >= 11 is 1.42. The fourth-order valence-corrected chi connectivity index (χ4v) is 2.37. The Bertz CT molecular complexity index is 602. The number of rotatable bonds is 3. The van der Waals surface area contributed by atoms with Crippen LogP contribution in [0.2, 0.25) is 0 Å². The summed E-state index contributed by atoms with van der Waals surface area (Å²) in [5, 5.41) is 11.3. The lowest BCUT2D eigenvalue weighted by Gasteiger charge is -2.03. The Morgan fingerprint density at radius 3 is 2.72 bits per heavy atom. The lowest BCUT2D eigenvalue weighted by molar-refractivity contribution is -0.384. The largest absolute Gasteiger partial charge is 0.378 e. The first-order valence-electron chi connectivity index (χ1n) is 5.21. The maximum Gasteiger partial charge on any atom is 0.311 e. The molecule has 0 unspecified atom stereocenters. The van der Waals surface area contributed by atoms with Crippen LogP contribution in [0.15, 0.2) is 46.3 Å². The third-order valence-corrected chi connectivity index (χ3v) is 3.21. The Labute approximate surface area is 108 Å². The second-order valence-corrected chi connectivity index (χ2v) is 4.82. The molecule has 2 N–H and O–H groups in total. The second-order valence-electron chi connectivity index (χ2n) is 3.73. The molecule has 0 bridgehead atoms. The molecule has 0 amide bonds. The topological polar surface area (TPSA) is 82.0 Å². The molecule has 92 valence electrons. The fraction of sp³-hybridized carbons (Fsp3) is 0.0833. The van der Waals surface area contributed by atoms with Crippen molar-refractivity contribution in [3.05, 3.63) is 52.1 Å². The third kappa shape index (κ3) is 2.78. The number of nitrogens with zero attached hydrogens (tertiary/aromatic N) is 2. The van der Waals surface area contributed by atoms with Crippen molar-refractivity contribution >= 4 is 23.3 Å². The molecule has 0 saturated carbocycles. The van der Waals surface area contributed by atoms with Gasteiger partial charge in [0.2, 0.25) is 5.82 Å². The molecule has 0 fully saturated rings. The van der Waals surface area contributed by atoms with Gasteiger partial charge in [0.05, 0.1) is 4.92 Å². The highest BCUT2D eigenvalue weighted by molar-refractivity contribution is 7.99. The smallest absolute Gasteiger partial charge is 0.311 e. The highest BCUT2D eigenvalue weighted by atomic mass is 32.2. The summed E-state index contributed by atoms with van der Waals surface area (Å²) in [6.07, 6.45) is 0. The molecule has 18 heavy (non-hydrogen) atoms. The van der Waals surface area contributed by atoms with Crippen LogP contribution in [-0.4, -0.2) is 9.91 Å². The average Bonchev–Trinajstić information content (AvgIpc) is 2.28. The van der Waals surface area contributed by atoms with Crippen molar-refractivity contribution in [3.8, 4) is 0 Å². The number of aryl methyl sites for hydroxylation is 1. The van der Waals surface area contributed by atoms with Gasteiger partial charge in [-0.05, 0) is 25.1 Å². The van der Waals surface area contributed by atoms with E-state index in [2.05, 4.69) is 4.98 Å². The molecule has 0 atom stereocenters. The van der Waals surface area contributed by atoms with E-state index in [-0.39, 0.29) is 11.5 Å². The summed E-state index contributed by atoms with van der Waals surface area (Å²) in [4.78, 5) is 15.1. The van der Waals surface area contributed by atoms with Crippen molar-refractivity contribution in [3.63, 3.8) is 0 Å². The minimum atomic E-state index is -0.538. The van der Waals surface area contributed by atoms with Gasteiger partial charge in [-0.1, -0.05) is 29.5 Å². The molecular weight excluding hydrogens is 250 g/mol. The lowest BCUT2D eigenvalue weighted by atomic mass is 10.2. The molecule has 6 heteroatoms. The van der Waals surface area contributed by atoms with E-state index in [0.717, 1.165) is 10.5 Å². The van der Waals surface area contributed by atoms with Crippen LogP contribution in [-0.2, 0) is 0 Å². The maximum absolute atomic E-state index is 10.6. The number of nitrogens with two attached hydrogens (primary N) is 1. The van der Waals surface area contributed by atoms with E-state index in [1.54, 1.807) is 6.07 Å². The molecule has 0 aliphatic carbocycles. The van der Waals surface area contributed by atoms with Crippen molar-refractivity contribution < 1.29 is 4.92 Å². The summed E-state index contributed by atoms with van der Waals surface area (Å²) in [7, 11) is 0. The Kier molecular flexibility index (Phi) is 3.47. The number of hydrogen-bond donors (Lipinski definition) is 1. The summed E-state index contributed by atoms with van der Waals surface area (Å²) in [5.74, 6) is -0.0577. The lowest BCUT2D eigenvalue weighted by Crippen LogP contribution is -1.98. The van der Waals surface area contributed by atoms with Gasteiger partial charge in [-0.2, -0.15) is 0 Å². The first-order valence-corrected chi connectivity index (χ1v) is 6.03. The van der Waals surface area contributed by atoms with E-state index in [0.29, 0.717) is 5.03 Å². The first kappa shape index (κ1) is 12.4. The minimum Gasteiger partial charge on any atom is -0.378 e. The summed E-state index contributed by atoms with van der Waals surface area (Å²) in [6, 6.07) is 10.9. The monoisotopic (exact) mass is 261 g/mol. The van der Waals surface area contributed by atoms with Crippen molar-refractivity contribution in [1.82, 2.24) is 4.98 Å². The highest BCUT2D eigenvalue weighted by Gasteiger charge is 2.13. The van der Waals surface area contributed by atoms with Crippen LogP contribution >= 0.6 is 11.8 Å². The molecule has 5 nitrogen and oxygen atoms in total. The quantitative estimate of drug-likeness (QED) is 0.678. The van der Waals surface area contributed by atoms with E-state index in [4.69, 9.17) is 5.73 Å². The van der Waals surface area contributed by atoms with Gasteiger partial charge in [0.15, 0.2) is 0 Å².